The second kappa shape index (κ2) is 7.53. The minimum Gasteiger partial charge on any atom is -0.468 e. The van der Waals surface area contributed by atoms with E-state index < -0.39 is 0 Å². The Hall–Kier alpha value is -1.60. The molecule has 1 aliphatic rings. The molecule has 1 amide bonds. The lowest BCUT2D eigenvalue weighted by atomic mass is 10.3. The van der Waals surface area contributed by atoms with Crippen molar-refractivity contribution in [2.45, 2.75) is 33.4 Å². The molecule has 2 aromatic heterocycles. The van der Waals surface area contributed by atoms with Crippen LogP contribution in [0.2, 0.25) is 0 Å². The van der Waals surface area contributed by atoms with E-state index in [-0.39, 0.29) is 5.91 Å². The van der Waals surface area contributed by atoms with Crippen molar-refractivity contribution in [3.63, 3.8) is 0 Å². The third-order valence-corrected chi connectivity index (χ3v) is 5.34. The van der Waals surface area contributed by atoms with E-state index >= 15 is 0 Å². The van der Waals surface area contributed by atoms with Crippen LogP contribution in [0, 0.1) is 6.92 Å². The first-order valence-electron chi connectivity index (χ1n) is 8.37. The van der Waals surface area contributed by atoms with Crippen LogP contribution in [0.5, 0.6) is 0 Å². The molecule has 0 atom stereocenters. The number of furan rings is 1. The maximum absolute atomic E-state index is 13.0. The van der Waals surface area contributed by atoms with E-state index in [1.54, 1.807) is 10.9 Å². The molecule has 1 aliphatic heterocycles. The molecule has 0 bridgehead atoms. The second-order valence-electron chi connectivity index (χ2n) is 6.07. The summed E-state index contributed by atoms with van der Waals surface area (Å²) in [7, 11) is 0. The van der Waals surface area contributed by atoms with Gasteiger partial charge in [-0.3, -0.25) is 14.4 Å². The number of carbonyl (C=O) groups is 1. The van der Waals surface area contributed by atoms with E-state index in [1.165, 1.54) is 0 Å². The lowest BCUT2D eigenvalue weighted by molar-refractivity contribution is 0.0747. The molecule has 3 rings (SSSR count). The summed E-state index contributed by atoms with van der Waals surface area (Å²) in [5, 5.41) is 4.43. The van der Waals surface area contributed by atoms with Gasteiger partial charge in [0.15, 0.2) is 0 Å². The second-order valence-corrected chi connectivity index (χ2v) is 6.86. The van der Waals surface area contributed by atoms with Crippen molar-refractivity contribution >= 4 is 21.8 Å². The molecule has 0 spiro atoms. The average Bonchev–Trinajstić information content (AvgIpc) is 3.10. The number of hydrogen-bond donors (Lipinski definition) is 0. The van der Waals surface area contributed by atoms with Crippen LogP contribution in [0.25, 0.3) is 0 Å². The highest BCUT2D eigenvalue weighted by atomic mass is 79.9. The van der Waals surface area contributed by atoms with Crippen molar-refractivity contribution in [1.29, 1.82) is 0 Å². The topological polar surface area (TPSA) is 54.5 Å². The molecule has 0 N–H and O–H groups in total. The molecule has 2 aromatic rings. The molecule has 24 heavy (non-hydrogen) atoms. The predicted octanol–water partition coefficient (Wildman–Crippen LogP) is 2.92. The number of aromatic nitrogens is 2. The van der Waals surface area contributed by atoms with Crippen LogP contribution < -0.4 is 0 Å². The molecule has 6 nitrogen and oxygen atoms in total. The average molecular weight is 395 g/mol. The fourth-order valence-electron chi connectivity index (χ4n) is 3.10. The van der Waals surface area contributed by atoms with Gasteiger partial charge in [-0.25, -0.2) is 0 Å². The molecule has 7 heteroatoms. The minimum atomic E-state index is 0.0594. The van der Waals surface area contributed by atoms with Crippen LogP contribution in [0.15, 0.2) is 27.3 Å². The first kappa shape index (κ1) is 17.2. The van der Waals surface area contributed by atoms with Crippen molar-refractivity contribution in [3.05, 3.63) is 40.0 Å². The van der Waals surface area contributed by atoms with Crippen LogP contribution in [0.4, 0.5) is 0 Å². The molecule has 3 heterocycles. The third-order valence-electron chi connectivity index (χ3n) is 4.39. The normalized spacial score (nSPS) is 16.4. The monoisotopic (exact) mass is 394 g/mol. The van der Waals surface area contributed by atoms with Crippen molar-refractivity contribution in [2.75, 3.05) is 26.2 Å². The van der Waals surface area contributed by atoms with Crippen molar-refractivity contribution < 1.29 is 9.21 Å². The molecule has 0 aliphatic carbocycles. The molecule has 1 saturated heterocycles. The zero-order valence-corrected chi connectivity index (χ0v) is 15.8. The molecule has 0 radical (unpaired) electrons. The number of amides is 1. The van der Waals surface area contributed by atoms with Gasteiger partial charge >= 0.3 is 0 Å². The fourth-order valence-corrected chi connectivity index (χ4v) is 3.55. The summed E-state index contributed by atoms with van der Waals surface area (Å²) in [5.74, 6) is 1.03. The van der Waals surface area contributed by atoms with Gasteiger partial charge in [-0.1, -0.05) is 0 Å². The Balaban J connectivity index is 1.68. The lowest BCUT2D eigenvalue weighted by Crippen LogP contribution is -2.36. The van der Waals surface area contributed by atoms with Gasteiger partial charge in [0.1, 0.15) is 11.5 Å². The molecule has 0 unspecified atom stereocenters. The summed E-state index contributed by atoms with van der Waals surface area (Å²) in [4.78, 5) is 17.3. The molecule has 0 aromatic carbocycles. The summed E-state index contributed by atoms with van der Waals surface area (Å²) in [6.07, 6.45) is 2.66. The Morgan fingerprint density at radius 2 is 2.17 bits per heavy atom. The quantitative estimate of drug-likeness (QED) is 0.799. The van der Waals surface area contributed by atoms with Gasteiger partial charge in [0.2, 0.25) is 0 Å². The van der Waals surface area contributed by atoms with Gasteiger partial charge in [-0.2, -0.15) is 5.10 Å². The van der Waals surface area contributed by atoms with Crippen molar-refractivity contribution in [2.24, 2.45) is 0 Å². The highest BCUT2D eigenvalue weighted by Crippen LogP contribution is 2.23. The van der Waals surface area contributed by atoms with Gasteiger partial charge < -0.3 is 9.32 Å². The largest absolute Gasteiger partial charge is 0.468 e. The molecular weight excluding hydrogens is 372 g/mol. The Labute approximate surface area is 150 Å². The number of halogens is 1. The summed E-state index contributed by atoms with van der Waals surface area (Å²) < 4.78 is 8.03. The standard InChI is InChI=1S/C17H23BrN4O2/c1-3-22-16(15(18)13(2)19-22)17(23)21-8-5-7-20(9-10-21)12-14-6-4-11-24-14/h4,6,11H,3,5,7-10,12H2,1-2H3. The van der Waals surface area contributed by atoms with Crippen LogP contribution in [-0.4, -0.2) is 51.7 Å². The summed E-state index contributed by atoms with van der Waals surface area (Å²) in [5.41, 5.74) is 1.52. The minimum absolute atomic E-state index is 0.0594. The first-order chi connectivity index (χ1) is 11.6. The van der Waals surface area contributed by atoms with Crippen LogP contribution >= 0.6 is 15.9 Å². The van der Waals surface area contributed by atoms with Crippen molar-refractivity contribution in [1.82, 2.24) is 19.6 Å². The highest BCUT2D eigenvalue weighted by Gasteiger charge is 2.26. The predicted molar refractivity (Wildman–Crippen MR) is 94.8 cm³/mol. The van der Waals surface area contributed by atoms with Crippen LogP contribution in [0.1, 0.15) is 35.3 Å². The number of hydrogen-bond acceptors (Lipinski definition) is 4. The van der Waals surface area contributed by atoms with Crippen molar-refractivity contribution in [3.8, 4) is 0 Å². The first-order valence-corrected chi connectivity index (χ1v) is 9.16. The van der Waals surface area contributed by atoms with Gasteiger partial charge in [-0.05, 0) is 48.3 Å². The fraction of sp³-hybridized carbons (Fsp3) is 0.529. The number of rotatable bonds is 4. The molecule has 0 saturated carbocycles. The molecule has 130 valence electrons. The lowest BCUT2D eigenvalue weighted by Gasteiger charge is -2.22. The Morgan fingerprint density at radius 1 is 1.33 bits per heavy atom. The molecule has 1 fully saturated rings. The maximum atomic E-state index is 13.0. The van der Waals surface area contributed by atoms with Crippen LogP contribution in [-0.2, 0) is 13.1 Å². The van der Waals surface area contributed by atoms with E-state index in [0.717, 1.165) is 55.1 Å². The Bertz CT molecular complexity index is 696. The van der Waals surface area contributed by atoms with E-state index in [1.807, 2.05) is 30.9 Å². The van der Waals surface area contributed by atoms with E-state index in [4.69, 9.17) is 4.42 Å². The summed E-state index contributed by atoms with van der Waals surface area (Å²) >= 11 is 3.53. The molecular formula is C17H23BrN4O2. The van der Waals surface area contributed by atoms with E-state index in [0.29, 0.717) is 12.2 Å². The van der Waals surface area contributed by atoms with Gasteiger partial charge in [0.25, 0.3) is 5.91 Å². The summed E-state index contributed by atoms with van der Waals surface area (Å²) in [6.45, 7) is 8.72. The zero-order valence-electron chi connectivity index (χ0n) is 14.2. The van der Waals surface area contributed by atoms with Gasteiger partial charge in [0.05, 0.1) is 23.0 Å². The zero-order chi connectivity index (χ0) is 17.1. The highest BCUT2D eigenvalue weighted by molar-refractivity contribution is 9.10. The SMILES string of the molecule is CCn1nc(C)c(Br)c1C(=O)N1CCCN(Cc2ccco2)CC1. The third kappa shape index (κ3) is 3.57. The maximum Gasteiger partial charge on any atom is 0.273 e. The summed E-state index contributed by atoms with van der Waals surface area (Å²) in [6, 6.07) is 3.91. The number of nitrogens with zero attached hydrogens (tertiary/aromatic N) is 4. The number of carbonyl (C=O) groups excluding carboxylic acids is 1. The van der Waals surface area contributed by atoms with Gasteiger partial charge in [-0.15, -0.1) is 0 Å². The van der Waals surface area contributed by atoms with E-state index in [9.17, 15) is 4.79 Å². The number of aryl methyl sites for hydroxylation is 2. The smallest absolute Gasteiger partial charge is 0.273 e. The van der Waals surface area contributed by atoms with Gasteiger partial charge in [0, 0.05) is 32.7 Å². The van der Waals surface area contributed by atoms with Crippen LogP contribution in [0.3, 0.4) is 0 Å². The van der Waals surface area contributed by atoms with E-state index in [2.05, 4.69) is 25.9 Å². The Morgan fingerprint density at radius 3 is 2.88 bits per heavy atom. The Kier molecular flexibility index (Phi) is 5.40.